The highest BCUT2D eigenvalue weighted by Gasteiger charge is 2.19. The van der Waals surface area contributed by atoms with Crippen LogP contribution in [0.4, 0.5) is 4.79 Å². The van der Waals surface area contributed by atoms with E-state index in [1.165, 1.54) is 0 Å². The van der Waals surface area contributed by atoms with Gasteiger partial charge in [0.05, 0.1) is 11.0 Å². The largest absolute Gasteiger partial charge is 0.514 e. The Hall–Kier alpha value is -4.58. The first-order valence-electron chi connectivity index (χ1n) is 12.1. The molecule has 0 unspecified atom stereocenters. The van der Waals surface area contributed by atoms with Crippen molar-refractivity contribution in [3.8, 4) is 34.0 Å². The van der Waals surface area contributed by atoms with E-state index in [9.17, 15) is 9.90 Å². The van der Waals surface area contributed by atoms with Crippen LogP contribution < -0.4 is 4.74 Å². The molecule has 1 heterocycles. The number of phenolic OH excluding ortho intramolecular Hbond substituents is 1. The van der Waals surface area contributed by atoms with Gasteiger partial charge in [-0.05, 0) is 74.4 Å². The summed E-state index contributed by atoms with van der Waals surface area (Å²) in [4.78, 5) is 17.1. The summed E-state index contributed by atoms with van der Waals surface area (Å²) >= 11 is 0. The molecule has 5 rings (SSSR count). The number of carbonyl (C=O) groups excluding carboxylic acids is 1. The molecule has 37 heavy (non-hydrogen) atoms. The van der Waals surface area contributed by atoms with Gasteiger partial charge in [0.2, 0.25) is 0 Å². The van der Waals surface area contributed by atoms with Gasteiger partial charge in [0.15, 0.2) is 0 Å². The van der Waals surface area contributed by atoms with Crippen LogP contribution in [0, 0.1) is 0 Å². The van der Waals surface area contributed by atoms with Crippen molar-refractivity contribution in [2.24, 2.45) is 0 Å². The van der Waals surface area contributed by atoms with E-state index in [1.807, 2.05) is 60.7 Å². The Kier molecular flexibility index (Phi) is 6.40. The second kappa shape index (κ2) is 9.82. The van der Waals surface area contributed by atoms with Crippen molar-refractivity contribution in [3.05, 3.63) is 103 Å². The molecule has 0 fully saturated rings. The van der Waals surface area contributed by atoms with Crippen molar-refractivity contribution in [2.75, 3.05) is 0 Å². The molecule has 0 aliphatic heterocycles. The number of rotatable bonds is 5. The highest BCUT2D eigenvalue weighted by Crippen LogP contribution is 2.32. The molecular formula is C31H28N2O4. The molecule has 0 aliphatic carbocycles. The molecule has 5 aromatic rings. The SMILES string of the molecule is CC(C)(C)OC(=O)Oc1ccccc1-c1ccc(Cn2c(-c3ccc(O)cc3)nc3ccccc32)cc1. The normalized spacial score (nSPS) is 11.4. The van der Waals surface area contributed by atoms with Crippen molar-refractivity contribution in [1.29, 1.82) is 0 Å². The molecule has 6 nitrogen and oxygen atoms in total. The van der Waals surface area contributed by atoms with Crippen molar-refractivity contribution in [2.45, 2.75) is 32.9 Å². The molecule has 0 spiro atoms. The maximum Gasteiger partial charge on any atom is 0.514 e. The van der Waals surface area contributed by atoms with Gasteiger partial charge in [-0.3, -0.25) is 0 Å². The van der Waals surface area contributed by atoms with E-state index in [-0.39, 0.29) is 5.75 Å². The molecule has 1 aromatic heterocycles. The van der Waals surface area contributed by atoms with Gasteiger partial charge in [0.25, 0.3) is 0 Å². The summed E-state index contributed by atoms with van der Waals surface area (Å²) in [6.45, 7) is 6.02. The summed E-state index contributed by atoms with van der Waals surface area (Å²) in [5.41, 5.74) is 5.07. The average molecular weight is 493 g/mol. The molecule has 0 saturated heterocycles. The summed E-state index contributed by atoms with van der Waals surface area (Å²) < 4.78 is 13.0. The molecule has 186 valence electrons. The predicted octanol–water partition coefficient (Wildman–Crippen LogP) is 7.44. The highest BCUT2D eigenvalue weighted by molar-refractivity contribution is 5.81. The summed E-state index contributed by atoms with van der Waals surface area (Å²) in [6.07, 6.45) is -0.731. The van der Waals surface area contributed by atoms with Gasteiger partial charge in [0.1, 0.15) is 22.9 Å². The molecule has 0 amide bonds. The number of ether oxygens (including phenoxy) is 2. The van der Waals surface area contributed by atoms with Crippen molar-refractivity contribution in [3.63, 3.8) is 0 Å². The van der Waals surface area contributed by atoms with E-state index in [4.69, 9.17) is 14.5 Å². The molecule has 6 heteroatoms. The number of carbonyl (C=O) groups is 1. The topological polar surface area (TPSA) is 73.6 Å². The number of para-hydroxylation sites is 3. The highest BCUT2D eigenvalue weighted by atomic mass is 16.7. The first-order valence-corrected chi connectivity index (χ1v) is 12.1. The average Bonchev–Trinajstić information content (AvgIpc) is 3.22. The Labute approximate surface area is 215 Å². The first kappa shape index (κ1) is 24.1. The minimum absolute atomic E-state index is 0.220. The molecule has 0 radical (unpaired) electrons. The van der Waals surface area contributed by atoms with Crippen LogP contribution >= 0.6 is 0 Å². The number of fused-ring (bicyclic) bond motifs is 1. The third-order valence-electron chi connectivity index (χ3n) is 5.86. The van der Waals surface area contributed by atoms with Gasteiger partial charge >= 0.3 is 6.16 Å². The predicted molar refractivity (Wildman–Crippen MR) is 145 cm³/mol. The third-order valence-corrected chi connectivity index (χ3v) is 5.86. The number of aromatic nitrogens is 2. The van der Waals surface area contributed by atoms with E-state index in [0.717, 1.165) is 39.1 Å². The number of imidazole rings is 1. The summed E-state index contributed by atoms with van der Waals surface area (Å²) in [5, 5.41) is 9.72. The van der Waals surface area contributed by atoms with E-state index in [2.05, 4.69) is 22.8 Å². The molecule has 1 N–H and O–H groups in total. The van der Waals surface area contributed by atoms with Gasteiger partial charge in [0, 0.05) is 17.7 Å². The van der Waals surface area contributed by atoms with E-state index >= 15 is 0 Å². The van der Waals surface area contributed by atoms with E-state index in [1.54, 1.807) is 39.0 Å². The minimum Gasteiger partial charge on any atom is -0.508 e. The first-order chi connectivity index (χ1) is 17.8. The Balaban J connectivity index is 1.44. The zero-order valence-corrected chi connectivity index (χ0v) is 21.0. The number of nitrogens with zero attached hydrogens (tertiary/aromatic N) is 2. The van der Waals surface area contributed by atoms with Crippen LogP contribution in [0.3, 0.4) is 0 Å². The molecule has 4 aromatic carbocycles. The maximum atomic E-state index is 12.3. The van der Waals surface area contributed by atoms with Crippen LogP contribution in [0.25, 0.3) is 33.5 Å². The zero-order valence-electron chi connectivity index (χ0n) is 21.0. The van der Waals surface area contributed by atoms with Crippen LogP contribution in [0.2, 0.25) is 0 Å². The van der Waals surface area contributed by atoms with Crippen molar-refractivity contribution >= 4 is 17.2 Å². The number of phenols is 1. The molecule has 0 saturated carbocycles. The smallest absolute Gasteiger partial charge is 0.508 e. The lowest BCUT2D eigenvalue weighted by molar-refractivity contribution is 0.0207. The maximum absolute atomic E-state index is 12.3. The lowest BCUT2D eigenvalue weighted by Gasteiger charge is -2.19. The van der Waals surface area contributed by atoms with Gasteiger partial charge in [-0.2, -0.15) is 0 Å². The fraction of sp³-hybridized carbons (Fsp3) is 0.161. The number of benzene rings is 4. The summed E-state index contributed by atoms with van der Waals surface area (Å²) in [6, 6.07) is 30.7. The Morgan fingerprint density at radius 2 is 1.49 bits per heavy atom. The molecule has 0 bridgehead atoms. The molecular weight excluding hydrogens is 464 g/mol. The number of aromatic hydroxyl groups is 1. The Morgan fingerprint density at radius 3 is 2.22 bits per heavy atom. The number of hydrogen-bond acceptors (Lipinski definition) is 5. The quantitative estimate of drug-likeness (QED) is 0.204. The van der Waals surface area contributed by atoms with Gasteiger partial charge in [-0.25, -0.2) is 9.78 Å². The molecule has 0 aliphatic rings. The van der Waals surface area contributed by atoms with Crippen LogP contribution in [-0.4, -0.2) is 26.4 Å². The van der Waals surface area contributed by atoms with Crippen LogP contribution in [0.15, 0.2) is 97.1 Å². The van der Waals surface area contributed by atoms with Crippen LogP contribution in [-0.2, 0) is 11.3 Å². The lowest BCUT2D eigenvalue weighted by atomic mass is 10.0. The standard InChI is InChI=1S/C31H28N2O4/c1-31(2,3)37-30(35)36-28-11-7-4-8-25(28)22-14-12-21(13-15-22)20-33-27-10-6-5-9-26(27)32-29(33)23-16-18-24(34)19-17-23/h4-19,34H,20H2,1-3H3. The number of hydrogen-bond donors (Lipinski definition) is 1. The van der Waals surface area contributed by atoms with Crippen LogP contribution in [0.1, 0.15) is 26.3 Å². The fourth-order valence-corrected chi connectivity index (χ4v) is 4.19. The monoisotopic (exact) mass is 492 g/mol. The van der Waals surface area contributed by atoms with Crippen molar-refractivity contribution < 1.29 is 19.4 Å². The van der Waals surface area contributed by atoms with Gasteiger partial charge < -0.3 is 19.1 Å². The zero-order chi connectivity index (χ0) is 26.0. The molecule has 0 atom stereocenters. The van der Waals surface area contributed by atoms with Gasteiger partial charge in [-0.1, -0.05) is 54.6 Å². The third kappa shape index (κ3) is 5.48. The van der Waals surface area contributed by atoms with E-state index < -0.39 is 11.8 Å². The van der Waals surface area contributed by atoms with Crippen LogP contribution in [0.5, 0.6) is 11.5 Å². The van der Waals surface area contributed by atoms with E-state index in [0.29, 0.717) is 12.3 Å². The fourth-order valence-electron chi connectivity index (χ4n) is 4.19. The summed E-state index contributed by atoms with van der Waals surface area (Å²) in [5.74, 6) is 1.50. The summed E-state index contributed by atoms with van der Waals surface area (Å²) in [7, 11) is 0. The second-order valence-electron chi connectivity index (χ2n) is 9.82. The second-order valence-corrected chi connectivity index (χ2v) is 9.82. The Morgan fingerprint density at radius 1 is 0.838 bits per heavy atom. The lowest BCUT2D eigenvalue weighted by Crippen LogP contribution is -2.26. The Bertz CT molecular complexity index is 1550. The van der Waals surface area contributed by atoms with Crippen molar-refractivity contribution in [1.82, 2.24) is 9.55 Å². The minimum atomic E-state index is -0.731. The van der Waals surface area contributed by atoms with Gasteiger partial charge in [-0.15, -0.1) is 0 Å².